The highest BCUT2D eigenvalue weighted by Gasteiger charge is 2.29. The molecular formula is C25H31N5O2. The van der Waals surface area contributed by atoms with E-state index < -0.39 is 0 Å². The van der Waals surface area contributed by atoms with Crippen molar-refractivity contribution < 1.29 is 9.84 Å². The van der Waals surface area contributed by atoms with Crippen LogP contribution in [0.2, 0.25) is 0 Å². The van der Waals surface area contributed by atoms with Crippen LogP contribution < -0.4 is 19.9 Å². The van der Waals surface area contributed by atoms with Crippen molar-refractivity contribution in [2.24, 2.45) is 0 Å². The molecule has 1 unspecified atom stereocenters. The van der Waals surface area contributed by atoms with Crippen LogP contribution in [-0.2, 0) is 0 Å². The molecular weight excluding hydrogens is 402 g/mol. The summed E-state index contributed by atoms with van der Waals surface area (Å²) < 4.78 is 5.57. The van der Waals surface area contributed by atoms with E-state index in [4.69, 9.17) is 14.7 Å². The molecule has 7 heteroatoms. The van der Waals surface area contributed by atoms with Crippen molar-refractivity contribution in [2.75, 3.05) is 55.5 Å². The predicted octanol–water partition coefficient (Wildman–Crippen LogP) is 3.64. The summed E-state index contributed by atoms with van der Waals surface area (Å²) in [5, 5.41) is 14.1. The quantitative estimate of drug-likeness (QED) is 0.562. The minimum atomic E-state index is 0.123. The van der Waals surface area contributed by atoms with Gasteiger partial charge in [0.05, 0.1) is 24.9 Å². The van der Waals surface area contributed by atoms with Crippen molar-refractivity contribution in [3.05, 3.63) is 48.3 Å². The summed E-state index contributed by atoms with van der Waals surface area (Å²) in [7, 11) is 3.72. The van der Waals surface area contributed by atoms with Crippen LogP contribution in [0.25, 0.3) is 10.9 Å². The molecule has 0 spiro atoms. The predicted molar refractivity (Wildman–Crippen MR) is 129 cm³/mol. The Morgan fingerprint density at radius 3 is 2.78 bits per heavy atom. The van der Waals surface area contributed by atoms with Gasteiger partial charge in [-0.3, -0.25) is 0 Å². The molecule has 1 aromatic heterocycles. The van der Waals surface area contributed by atoms with Crippen molar-refractivity contribution in [2.45, 2.75) is 31.2 Å². The summed E-state index contributed by atoms with van der Waals surface area (Å²) in [6.07, 6.45) is 3.38. The number of ether oxygens (including phenoxy) is 1. The fourth-order valence-electron chi connectivity index (χ4n) is 4.47. The lowest BCUT2D eigenvalue weighted by Gasteiger charge is -2.22. The highest BCUT2D eigenvalue weighted by Crippen LogP contribution is 2.40. The molecule has 1 saturated carbocycles. The lowest BCUT2D eigenvalue weighted by Crippen LogP contribution is -2.27. The van der Waals surface area contributed by atoms with E-state index in [0.717, 1.165) is 59.2 Å². The molecule has 1 atom stereocenters. The normalized spacial score (nSPS) is 18.2. The average molecular weight is 434 g/mol. The topological polar surface area (TPSA) is 73.8 Å². The fourth-order valence-corrected chi connectivity index (χ4v) is 4.47. The number of fused-ring (bicyclic) bond motifs is 1. The second-order valence-corrected chi connectivity index (χ2v) is 8.80. The molecule has 5 rings (SSSR count). The second kappa shape index (κ2) is 8.82. The number of nitrogens with zero attached hydrogens (tertiary/aromatic N) is 4. The molecule has 3 aromatic rings. The second-order valence-electron chi connectivity index (χ2n) is 8.80. The molecule has 7 nitrogen and oxygen atoms in total. The maximum Gasteiger partial charge on any atom is 0.142 e. The molecule has 0 amide bonds. The van der Waals surface area contributed by atoms with Gasteiger partial charge in [-0.15, -0.1) is 0 Å². The molecule has 1 saturated heterocycles. The standard InChI is InChI=1S/C25H31N5O2/c1-29(13-14-31)19-9-10-21-20(15-19)25(28-24(27-21)17-7-8-17)26-18-11-12-30(16-18)22-5-3-4-6-23(22)32-2/h3-6,9-10,15,17-18,31H,7-8,11-14,16H2,1-2H3,(H,26,27,28). The number of aliphatic hydroxyl groups is 1. The number of aliphatic hydroxyl groups excluding tert-OH is 1. The van der Waals surface area contributed by atoms with Gasteiger partial charge in [-0.2, -0.15) is 0 Å². The van der Waals surface area contributed by atoms with Gasteiger partial charge in [0.1, 0.15) is 17.4 Å². The smallest absolute Gasteiger partial charge is 0.142 e. The number of nitrogens with one attached hydrogen (secondary N) is 1. The number of hydrogen-bond donors (Lipinski definition) is 2. The number of para-hydroxylation sites is 2. The highest BCUT2D eigenvalue weighted by molar-refractivity contribution is 5.92. The van der Waals surface area contributed by atoms with Gasteiger partial charge in [-0.25, -0.2) is 9.97 Å². The molecule has 32 heavy (non-hydrogen) atoms. The van der Waals surface area contributed by atoms with E-state index in [1.807, 2.05) is 19.2 Å². The highest BCUT2D eigenvalue weighted by atomic mass is 16.5. The van der Waals surface area contributed by atoms with Gasteiger partial charge in [0.2, 0.25) is 0 Å². The Hall–Kier alpha value is -3.06. The Labute approximate surface area is 189 Å². The number of anilines is 3. The van der Waals surface area contributed by atoms with Crippen LogP contribution in [-0.4, -0.2) is 61.5 Å². The number of hydrogen-bond acceptors (Lipinski definition) is 7. The summed E-state index contributed by atoms with van der Waals surface area (Å²) in [4.78, 5) is 14.3. The van der Waals surface area contributed by atoms with E-state index in [0.29, 0.717) is 18.5 Å². The lowest BCUT2D eigenvalue weighted by molar-refractivity contribution is 0.304. The van der Waals surface area contributed by atoms with Crippen LogP contribution in [0, 0.1) is 0 Å². The third kappa shape index (κ3) is 4.17. The zero-order chi connectivity index (χ0) is 22.1. The summed E-state index contributed by atoms with van der Waals surface area (Å²) in [6.45, 7) is 2.58. The molecule has 0 radical (unpaired) electrons. The maximum absolute atomic E-state index is 9.32. The number of rotatable bonds is 8. The summed E-state index contributed by atoms with van der Waals surface area (Å²) in [5.74, 6) is 3.28. The van der Waals surface area contributed by atoms with E-state index >= 15 is 0 Å². The van der Waals surface area contributed by atoms with Crippen LogP contribution >= 0.6 is 0 Å². The molecule has 2 fully saturated rings. The first-order valence-corrected chi connectivity index (χ1v) is 11.4. The first-order valence-electron chi connectivity index (χ1n) is 11.4. The average Bonchev–Trinajstić information content (AvgIpc) is 3.57. The van der Waals surface area contributed by atoms with Crippen LogP contribution in [0.1, 0.15) is 31.0 Å². The van der Waals surface area contributed by atoms with Crippen molar-refractivity contribution >= 4 is 28.1 Å². The Kier molecular flexibility index (Phi) is 5.74. The van der Waals surface area contributed by atoms with Gasteiger partial charge in [0.15, 0.2) is 0 Å². The Morgan fingerprint density at radius 1 is 1.16 bits per heavy atom. The van der Waals surface area contributed by atoms with Crippen molar-refractivity contribution in [3.8, 4) is 5.75 Å². The van der Waals surface area contributed by atoms with Gasteiger partial charge >= 0.3 is 0 Å². The van der Waals surface area contributed by atoms with Crippen molar-refractivity contribution in [3.63, 3.8) is 0 Å². The van der Waals surface area contributed by atoms with E-state index in [1.54, 1.807) is 7.11 Å². The number of benzene rings is 2. The van der Waals surface area contributed by atoms with E-state index in [9.17, 15) is 5.11 Å². The van der Waals surface area contributed by atoms with E-state index in [-0.39, 0.29) is 6.61 Å². The number of likely N-dealkylation sites (N-methyl/N-ethyl adjacent to an activating group) is 1. The number of aromatic nitrogens is 2. The zero-order valence-corrected chi connectivity index (χ0v) is 18.8. The van der Waals surface area contributed by atoms with Crippen LogP contribution in [0.3, 0.4) is 0 Å². The molecule has 0 bridgehead atoms. The molecule has 1 aliphatic carbocycles. The molecule has 2 aliphatic rings. The Morgan fingerprint density at radius 2 is 2.00 bits per heavy atom. The van der Waals surface area contributed by atoms with Crippen LogP contribution in [0.5, 0.6) is 5.75 Å². The third-order valence-corrected chi connectivity index (χ3v) is 6.47. The van der Waals surface area contributed by atoms with Crippen molar-refractivity contribution in [1.29, 1.82) is 0 Å². The molecule has 2 heterocycles. The summed E-state index contributed by atoms with van der Waals surface area (Å²) in [6, 6.07) is 14.8. The molecule has 2 N–H and O–H groups in total. The Bertz CT molecular complexity index is 1100. The van der Waals surface area contributed by atoms with Crippen LogP contribution in [0.4, 0.5) is 17.2 Å². The fraction of sp³-hybridized carbons (Fsp3) is 0.440. The van der Waals surface area contributed by atoms with Gasteiger partial charge in [0.25, 0.3) is 0 Å². The number of methoxy groups -OCH3 is 1. The molecule has 1 aliphatic heterocycles. The van der Waals surface area contributed by atoms with Crippen LogP contribution in [0.15, 0.2) is 42.5 Å². The Balaban J connectivity index is 1.43. The van der Waals surface area contributed by atoms with Gasteiger partial charge in [-0.1, -0.05) is 12.1 Å². The first-order chi connectivity index (χ1) is 15.7. The zero-order valence-electron chi connectivity index (χ0n) is 18.8. The minimum absolute atomic E-state index is 0.123. The maximum atomic E-state index is 9.32. The molecule has 2 aromatic carbocycles. The SMILES string of the molecule is COc1ccccc1N1CCC(Nc2nc(C3CC3)nc3ccc(N(C)CCO)cc23)C1. The summed E-state index contributed by atoms with van der Waals surface area (Å²) >= 11 is 0. The lowest BCUT2D eigenvalue weighted by atomic mass is 10.1. The summed E-state index contributed by atoms with van der Waals surface area (Å²) in [5.41, 5.74) is 3.17. The monoisotopic (exact) mass is 433 g/mol. The first kappa shape index (κ1) is 20.8. The van der Waals surface area contributed by atoms with Gasteiger partial charge in [0, 0.05) is 49.7 Å². The van der Waals surface area contributed by atoms with Crippen molar-refractivity contribution in [1.82, 2.24) is 9.97 Å². The van der Waals surface area contributed by atoms with E-state index in [2.05, 4.69) is 45.4 Å². The molecule has 168 valence electrons. The van der Waals surface area contributed by atoms with E-state index in [1.165, 1.54) is 12.8 Å². The van der Waals surface area contributed by atoms with Gasteiger partial charge < -0.3 is 25.0 Å². The largest absolute Gasteiger partial charge is 0.495 e. The minimum Gasteiger partial charge on any atom is -0.495 e. The third-order valence-electron chi connectivity index (χ3n) is 6.47. The van der Waals surface area contributed by atoms with Gasteiger partial charge in [-0.05, 0) is 49.6 Å².